The van der Waals surface area contributed by atoms with E-state index in [-0.39, 0.29) is 17.5 Å². The predicted molar refractivity (Wildman–Crippen MR) is 135 cm³/mol. The summed E-state index contributed by atoms with van der Waals surface area (Å²) in [4.78, 5) is 22.7. The second-order valence-corrected chi connectivity index (χ2v) is 8.79. The van der Waals surface area contributed by atoms with E-state index in [0.717, 1.165) is 28.5 Å². The molecule has 3 aromatic carbocycles. The molecule has 0 unspecified atom stereocenters. The fourth-order valence-corrected chi connectivity index (χ4v) is 4.12. The van der Waals surface area contributed by atoms with Gasteiger partial charge in [0.1, 0.15) is 18.5 Å². The smallest absolute Gasteiger partial charge is 0.305 e. The first-order valence-corrected chi connectivity index (χ1v) is 11.7. The number of carboxylic acid groups (broad SMARTS) is 1. The monoisotopic (exact) mass is 489 g/mol. The van der Waals surface area contributed by atoms with Crippen molar-refractivity contribution >= 4 is 35.0 Å². The maximum atomic E-state index is 11.8. The van der Waals surface area contributed by atoms with Gasteiger partial charge in [-0.05, 0) is 34.9 Å². The highest BCUT2D eigenvalue weighted by Crippen LogP contribution is 2.30. The summed E-state index contributed by atoms with van der Waals surface area (Å²) in [6.45, 7) is 0.775. The standard InChI is InChI=1S/C26H23N3O5S/c30-24(31)14-23-25(32)28-26(35-23)29-27-15-20-11-12-21(33-16-18-7-3-1-4-8-18)22(13-20)34-17-19-9-5-2-6-10-19/h1-13,15,23H,14,16-17H2,(H,30,31)(H,28,29,32)/b27-15-/t23-/m0/s1. The lowest BCUT2D eigenvalue weighted by Crippen LogP contribution is -2.26. The molecule has 0 aliphatic carbocycles. The molecule has 1 saturated heterocycles. The van der Waals surface area contributed by atoms with Crippen LogP contribution in [0.2, 0.25) is 0 Å². The van der Waals surface area contributed by atoms with E-state index in [2.05, 4.69) is 15.5 Å². The van der Waals surface area contributed by atoms with E-state index in [1.807, 2.05) is 72.8 Å². The third-order valence-electron chi connectivity index (χ3n) is 4.93. The molecule has 9 heteroatoms. The van der Waals surface area contributed by atoms with Gasteiger partial charge in [-0.15, -0.1) is 5.10 Å². The van der Waals surface area contributed by atoms with Crippen molar-refractivity contribution in [2.75, 3.05) is 0 Å². The Bertz CT molecular complexity index is 1230. The van der Waals surface area contributed by atoms with Crippen LogP contribution in [0.15, 0.2) is 89.1 Å². The molecule has 3 aromatic rings. The maximum absolute atomic E-state index is 11.8. The highest BCUT2D eigenvalue weighted by atomic mass is 32.2. The molecule has 1 heterocycles. The highest BCUT2D eigenvalue weighted by molar-refractivity contribution is 8.15. The lowest BCUT2D eigenvalue weighted by molar-refractivity contribution is -0.138. The van der Waals surface area contributed by atoms with Crippen LogP contribution in [0.3, 0.4) is 0 Å². The van der Waals surface area contributed by atoms with Gasteiger partial charge in [0.2, 0.25) is 5.91 Å². The van der Waals surface area contributed by atoms with Gasteiger partial charge in [-0.2, -0.15) is 5.10 Å². The molecule has 178 valence electrons. The summed E-state index contributed by atoms with van der Waals surface area (Å²) < 4.78 is 12.1. The lowest BCUT2D eigenvalue weighted by Gasteiger charge is -2.14. The normalized spacial score (nSPS) is 16.4. The molecule has 4 rings (SSSR count). The Kier molecular flexibility index (Phi) is 8.13. The Hall–Kier alpha value is -4.11. The van der Waals surface area contributed by atoms with Gasteiger partial charge in [0, 0.05) is 0 Å². The lowest BCUT2D eigenvalue weighted by atomic mass is 10.2. The van der Waals surface area contributed by atoms with Gasteiger partial charge in [-0.3, -0.25) is 9.59 Å². The second kappa shape index (κ2) is 11.8. The van der Waals surface area contributed by atoms with E-state index in [4.69, 9.17) is 14.6 Å². The number of nitrogens with zero attached hydrogens (tertiary/aromatic N) is 2. The molecule has 1 fully saturated rings. The van der Waals surface area contributed by atoms with Crippen molar-refractivity contribution in [2.24, 2.45) is 10.2 Å². The number of rotatable bonds is 10. The van der Waals surface area contributed by atoms with Crippen LogP contribution in [0.25, 0.3) is 0 Å². The van der Waals surface area contributed by atoms with E-state index in [9.17, 15) is 9.59 Å². The van der Waals surface area contributed by atoms with Crippen molar-refractivity contribution in [3.8, 4) is 11.5 Å². The largest absolute Gasteiger partial charge is 0.485 e. The Morgan fingerprint density at radius 1 is 0.943 bits per heavy atom. The van der Waals surface area contributed by atoms with Crippen LogP contribution in [0, 0.1) is 0 Å². The fourth-order valence-electron chi connectivity index (χ4n) is 3.20. The number of amides is 1. The molecule has 1 amide bonds. The van der Waals surface area contributed by atoms with Crippen LogP contribution in [0.1, 0.15) is 23.1 Å². The predicted octanol–water partition coefficient (Wildman–Crippen LogP) is 4.24. The molecule has 35 heavy (non-hydrogen) atoms. The Labute approximate surface area is 206 Å². The summed E-state index contributed by atoms with van der Waals surface area (Å²) in [6.07, 6.45) is 1.26. The molecule has 0 spiro atoms. The number of ether oxygens (including phenoxy) is 2. The van der Waals surface area contributed by atoms with Gasteiger partial charge in [0.05, 0.1) is 12.6 Å². The molecule has 1 aliphatic heterocycles. The zero-order chi connectivity index (χ0) is 24.5. The third-order valence-corrected chi connectivity index (χ3v) is 6.01. The van der Waals surface area contributed by atoms with E-state index in [1.165, 1.54) is 6.21 Å². The fraction of sp³-hybridized carbons (Fsp3) is 0.154. The molecule has 0 radical (unpaired) electrons. The van der Waals surface area contributed by atoms with Crippen LogP contribution < -0.4 is 14.8 Å². The van der Waals surface area contributed by atoms with Crippen LogP contribution in [0.5, 0.6) is 11.5 Å². The van der Waals surface area contributed by atoms with E-state index in [1.54, 1.807) is 6.07 Å². The zero-order valence-electron chi connectivity index (χ0n) is 18.7. The number of carbonyl (C=O) groups excluding carboxylic acids is 1. The molecule has 0 bridgehead atoms. The molecule has 0 saturated carbocycles. The van der Waals surface area contributed by atoms with Crippen molar-refractivity contribution in [3.05, 3.63) is 95.6 Å². The second-order valence-electron chi connectivity index (χ2n) is 7.60. The van der Waals surface area contributed by atoms with Gasteiger partial charge in [-0.1, -0.05) is 72.4 Å². The maximum Gasteiger partial charge on any atom is 0.305 e. The third kappa shape index (κ3) is 7.18. The number of thioether (sulfide) groups is 1. The quantitative estimate of drug-likeness (QED) is 0.326. The molecular formula is C26H23N3O5S. The van der Waals surface area contributed by atoms with Crippen LogP contribution in [0.4, 0.5) is 0 Å². The Balaban J connectivity index is 1.47. The zero-order valence-corrected chi connectivity index (χ0v) is 19.5. The van der Waals surface area contributed by atoms with Gasteiger partial charge in [-0.25, -0.2) is 0 Å². The first-order valence-electron chi connectivity index (χ1n) is 10.8. The number of nitrogens with one attached hydrogen (secondary N) is 1. The summed E-state index contributed by atoms with van der Waals surface area (Å²) in [5, 5.41) is 19.0. The highest BCUT2D eigenvalue weighted by Gasteiger charge is 2.32. The van der Waals surface area contributed by atoms with Crippen molar-refractivity contribution in [1.82, 2.24) is 5.32 Å². The number of amidine groups is 1. The number of carbonyl (C=O) groups is 2. The van der Waals surface area contributed by atoms with Crippen molar-refractivity contribution in [1.29, 1.82) is 0 Å². The first kappa shape index (κ1) is 24.0. The Morgan fingerprint density at radius 3 is 2.20 bits per heavy atom. The summed E-state index contributed by atoms with van der Waals surface area (Å²) in [5.74, 6) is -0.266. The first-order chi connectivity index (χ1) is 17.1. The van der Waals surface area contributed by atoms with Crippen molar-refractivity contribution in [2.45, 2.75) is 24.9 Å². The number of hydrogen-bond acceptors (Lipinski definition) is 7. The number of aliphatic carboxylic acids is 1. The number of carboxylic acids is 1. The SMILES string of the molecule is O=C(O)C[C@@H]1S/C(=N\N=C/c2ccc(OCc3ccccc3)c(OCc3ccccc3)c2)NC1=O. The molecule has 8 nitrogen and oxygen atoms in total. The summed E-state index contributed by atoms with van der Waals surface area (Å²) in [7, 11) is 0. The Morgan fingerprint density at radius 2 is 1.57 bits per heavy atom. The van der Waals surface area contributed by atoms with Crippen molar-refractivity contribution < 1.29 is 24.2 Å². The molecular weight excluding hydrogens is 466 g/mol. The van der Waals surface area contributed by atoms with E-state index < -0.39 is 11.2 Å². The number of hydrogen-bond donors (Lipinski definition) is 2. The molecule has 1 aliphatic rings. The summed E-state index contributed by atoms with van der Waals surface area (Å²) in [5.41, 5.74) is 2.79. The summed E-state index contributed by atoms with van der Waals surface area (Å²) >= 11 is 1.05. The van der Waals surface area contributed by atoms with Gasteiger partial charge >= 0.3 is 5.97 Å². The van der Waals surface area contributed by atoms with Crippen LogP contribution in [-0.4, -0.2) is 33.6 Å². The minimum absolute atomic E-state index is 0.265. The van der Waals surface area contributed by atoms with E-state index >= 15 is 0 Å². The molecule has 2 N–H and O–H groups in total. The minimum Gasteiger partial charge on any atom is -0.485 e. The van der Waals surface area contributed by atoms with Gasteiger partial charge in [0.25, 0.3) is 0 Å². The minimum atomic E-state index is -1.04. The molecule has 1 atom stereocenters. The summed E-state index contributed by atoms with van der Waals surface area (Å²) in [6, 6.07) is 25.1. The van der Waals surface area contributed by atoms with Crippen molar-refractivity contribution in [3.63, 3.8) is 0 Å². The van der Waals surface area contributed by atoms with Crippen LogP contribution in [-0.2, 0) is 22.8 Å². The van der Waals surface area contributed by atoms with Gasteiger partial charge < -0.3 is 19.9 Å². The van der Waals surface area contributed by atoms with Gasteiger partial charge in [0.15, 0.2) is 16.7 Å². The van der Waals surface area contributed by atoms with Crippen LogP contribution >= 0.6 is 11.8 Å². The topological polar surface area (TPSA) is 110 Å². The van der Waals surface area contributed by atoms with E-state index in [0.29, 0.717) is 24.7 Å². The molecule has 0 aromatic heterocycles. The number of benzene rings is 3. The average molecular weight is 490 g/mol. The average Bonchev–Trinajstić information content (AvgIpc) is 3.21.